The number of morpholine rings is 1. The van der Waals surface area contributed by atoms with Crippen molar-refractivity contribution in [3.63, 3.8) is 0 Å². The second-order valence-electron chi connectivity index (χ2n) is 7.07. The van der Waals surface area contributed by atoms with Gasteiger partial charge in [0.15, 0.2) is 0 Å². The summed E-state index contributed by atoms with van der Waals surface area (Å²) in [5, 5.41) is 3.07. The van der Waals surface area contributed by atoms with Gasteiger partial charge in [0.05, 0.1) is 26.4 Å². The molecule has 6 nitrogen and oxygen atoms in total. The number of hydrogen-bond acceptors (Lipinski definition) is 4. The van der Waals surface area contributed by atoms with Crippen molar-refractivity contribution in [2.45, 2.75) is 19.5 Å². The second kappa shape index (κ2) is 9.46. The number of nitrogens with one attached hydrogen (secondary N) is 1. The second-order valence-corrected chi connectivity index (χ2v) is 7.07. The van der Waals surface area contributed by atoms with Crippen molar-refractivity contribution in [3.05, 3.63) is 59.7 Å². The summed E-state index contributed by atoms with van der Waals surface area (Å²) in [5.41, 5.74) is 3.34. The van der Waals surface area contributed by atoms with Gasteiger partial charge in [0.25, 0.3) is 0 Å². The van der Waals surface area contributed by atoms with Crippen LogP contribution < -0.4 is 15.0 Å². The van der Waals surface area contributed by atoms with Crippen LogP contribution in [0.3, 0.4) is 0 Å². The Labute approximate surface area is 167 Å². The van der Waals surface area contributed by atoms with Gasteiger partial charge in [-0.1, -0.05) is 24.3 Å². The van der Waals surface area contributed by atoms with Gasteiger partial charge in [0, 0.05) is 32.4 Å². The maximum Gasteiger partial charge on any atom is 0.317 e. The van der Waals surface area contributed by atoms with E-state index in [1.807, 2.05) is 31.2 Å². The lowest BCUT2D eigenvalue weighted by molar-refractivity contribution is 0.122. The number of ether oxygens (including phenoxy) is 2. The maximum absolute atomic E-state index is 12.5. The van der Waals surface area contributed by atoms with Crippen LogP contribution in [0.15, 0.2) is 48.5 Å². The van der Waals surface area contributed by atoms with E-state index in [0.717, 1.165) is 43.2 Å². The van der Waals surface area contributed by atoms with E-state index in [1.54, 1.807) is 19.1 Å². The van der Waals surface area contributed by atoms with Crippen LogP contribution in [0.4, 0.5) is 10.5 Å². The van der Waals surface area contributed by atoms with E-state index in [9.17, 15) is 4.79 Å². The van der Waals surface area contributed by atoms with E-state index in [4.69, 9.17) is 9.47 Å². The molecule has 2 aromatic carbocycles. The third-order valence-electron chi connectivity index (χ3n) is 5.03. The minimum Gasteiger partial charge on any atom is -0.497 e. The molecule has 1 heterocycles. The van der Waals surface area contributed by atoms with Gasteiger partial charge in [0.1, 0.15) is 5.75 Å². The van der Waals surface area contributed by atoms with Gasteiger partial charge >= 0.3 is 6.03 Å². The molecule has 2 aromatic rings. The molecule has 0 spiro atoms. The Morgan fingerprint density at radius 1 is 1.14 bits per heavy atom. The first-order valence-electron chi connectivity index (χ1n) is 9.64. The smallest absolute Gasteiger partial charge is 0.317 e. The average molecular weight is 383 g/mol. The highest BCUT2D eigenvalue weighted by molar-refractivity contribution is 5.74. The Hall–Kier alpha value is -2.73. The summed E-state index contributed by atoms with van der Waals surface area (Å²) in [4.78, 5) is 16.5. The molecule has 1 fully saturated rings. The van der Waals surface area contributed by atoms with E-state index in [1.165, 1.54) is 5.69 Å². The number of methoxy groups -OCH3 is 1. The molecule has 0 bridgehead atoms. The summed E-state index contributed by atoms with van der Waals surface area (Å²) in [5.74, 6) is 0.810. The zero-order valence-electron chi connectivity index (χ0n) is 16.9. The highest BCUT2D eigenvalue weighted by atomic mass is 16.5. The topological polar surface area (TPSA) is 54.0 Å². The highest BCUT2D eigenvalue weighted by Gasteiger charge is 2.15. The third kappa shape index (κ3) is 5.16. The van der Waals surface area contributed by atoms with Gasteiger partial charge in [-0.2, -0.15) is 0 Å². The number of carbonyl (C=O) groups excluding carboxylic acids is 1. The van der Waals surface area contributed by atoms with E-state index in [0.29, 0.717) is 6.54 Å². The monoisotopic (exact) mass is 383 g/mol. The van der Waals surface area contributed by atoms with Crippen LogP contribution in [0.25, 0.3) is 0 Å². The number of nitrogens with zero attached hydrogens (tertiary/aromatic N) is 2. The summed E-state index contributed by atoms with van der Waals surface area (Å²) >= 11 is 0. The van der Waals surface area contributed by atoms with Crippen molar-refractivity contribution in [1.82, 2.24) is 10.2 Å². The average Bonchev–Trinajstić information content (AvgIpc) is 2.75. The lowest BCUT2D eigenvalue weighted by Crippen LogP contribution is -2.38. The number of benzene rings is 2. The first-order valence-corrected chi connectivity index (χ1v) is 9.64. The Bertz CT molecular complexity index is 756. The molecule has 1 atom stereocenters. The maximum atomic E-state index is 12.5. The summed E-state index contributed by atoms with van der Waals surface area (Å²) in [6.45, 7) is 5.93. The lowest BCUT2D eigenvalue weighted by atomic mass is 10.1. The fourth-order valence-corrected chi connectivity index (χ4v) is 3.25. The van der Waals surface area contributed by atoms with Crippen LogP contribution in [-0.2, 0) is 11.3 Å². The number of urea groups is 1. The fraction of sp³-hybridized carbons (Fsp3) is 0.409. The van der Waals surface area contributed by atoms with Crippen molar-refractivity contribution in [3.8, 4) is 5.75 Å². The largest absolute Gasteiger partial charge is 0.497 e. The molecule has 28 heavy (non-hydrogen) atoms. The van der Waals surface area contributed by atoms with Gasteiger partial charge in [-0.3, -0.25) is 0 Å². The van der Waals surface area contributed by atoms with Crippen molar-refractivity contribution in [2.24, 2.45) is 0 Å². The van der Waals surface area contributed by atoms with Crippen molar-refractivity contribution >= 4 is 11.7 Å². The predicted molar refractivity (Wildman–Crippen MR) is 111 cm³/mol. The quantitative estimate of drug-likeness (QED) is 0.830. The van der Waals surface area contributed by atoms with Crippen LogP contribution >= 0.6 is 0 Å². The Kier molecular flexibility index (Phi) is 6.76. The van der Waals surface area contributed by atoms with Gasteiger partial charge in [0.2, 0.25) is 0 Å². The van der Waals surface area contributed by atoms with Gasteiger partial charge in [-0.25, -0.2) is 4.79 Å². The third-order valence-corrected chi connectivity index (χ3v) is 5.03. The standard InChI is InChI=1S/C22H29N3O3/c1-17(19-6-8-20(9-7-19)25-12-14-28-15-13-25)23-22(26)24(2)16-18-4-10-21(27-3)11-5-18/h4-11,17H,12-16H2,1-3H3,(H,23,26). The molecule has 2 amide bonds. The number of carbonyl (C=O) groups is 1. The molecule has 0 radical (unpaired) electrons. The highest BCUT2D eigenvalue weighted by Crippen LogP contribution is 2.20. The van der Waals surface area contributed by atoms with Crippen LogP contribution in [0.2, 0.25) is 0 Å². The van der Waals surface area contributed by atoms with Gasteiger partial charge in [-0.05, 0) is 42.3 Å². The number of rotatable bonds is 6. The Morgan fingerprint density at radius 2 is 1.79 bits per heavy atom. The van der Waals surface area contributed by atoms with Crippen molar-refractivity contribution in [2.75, 3.05) is 45.4 Å². The zero-order valence-corrected chi connectivity index (χ0v) is 16.9. The molecule has 150 valence electrons. The van der Waals surface area contributed by atoms with Crippen LogP contribution in [0.5, 0.6) is 5.75 Å². The van der Waals surface area contributed by atoms with E-state index < -0.39 is 0 Å². The normalized spacial score (nSPS) is 15.0. The van der Waals surface area contributed by atoms with Gasteiger partial charge in [-0.15, -0.1) is 0 Å². The molecule has 6 heteroatoms. The molecule has 0 aromatic heterocycles. The summed E-state index contributed by atoms with van der Waals surface area (Å²) in [7, 11) is 3.44. The van der Waals surface area contributed by atoms with Crippen LogP contribution in [0.1, 0.15) is 24.1 Å². The first-order chi connectivity index (χ1) is 13.6. The molecular weight excluding hydrogens is 354 g/mol. The zero-order chi connectivity index (χ0) is 19.9. The Morgan fingerprint density at radius 3 is 2.39 bits per heavy atom. The molecule has 1 aliphatic heterocycles. The predicted octanol–water partition coefficient (Wildman–Crippen LogP) is 3.43. The minimum atomic E-state index is -0.0967. The summed E-state index contributed by atoms with van der Waals surface area (Å²) in [6.07, 6.45) is 0. The number of anilines is 1. The number of hydrogen-bond donors (Lipinski definition) is 1. The molecule has 0 aliphatic carbocycles. The lowest BCUT2D eigenvalue weighted by Gasteiger charge is -2.29. The van der Waals surface area contributed by atoms with Gasteiger partial charge < -0.3 is 24.6 Å². The van der Waals surface area contributed by atoms with Crippen LogP contribution in [0, 0.1) is 0 Å². The number of amides is 2. The molecular formula is C22H29N3O3. The summed E-state index contributed by atoms with van der Waals surface area (Å²) in [6, 6.07) is 16.0. The minimum absolute atomic E-state index is 0.0652. The van der Waals surface area contributed by atoms with Crippen LogP contribution in [-0.4, -0.2) is 51.4 Å². The molecule has 0 saturated carbocycles. The molecule has 1 aliphatic rings. The van der Waals surface area contributed by atoms with Crippen molar-refractivity contribution in [1.29, 1.82) is 0 Å². The van der Waals surface area contributed by atoms with E-state index >= 15 is 0 Å². The molecule has 1 N–H and O–H groups in total. The fourth-order valence-electron chi connectivity index (χ4n) is 3.25. The van der Waals surface area contributed by atoms with Crippen molar-refractivity contribution < 1.29 is 14.3 Å². The molecule has 3 rings (SSSR count). The molecule has 1 saturated heterocycles. The Balaban J connectivity index is 1.53. The summed E-state index contributed by atoms with van der Waals surface area (Å²) < 4.78 is 10.6. The van der Waals surface area contributed by atoms with E-state index in [-0.39, 0.29) is 12.1 Å². The molecule has 1 unspecified atom stereocenters. The SMILES string of the molecule is COc1ccc(CN(C)C(=O)NC(C)c2ccc(N3CCOCC3)cc2)cc1. The van der Waals surface area contributed by atoms with E-state index in [2.05, 4.69) is 34.5 Å². The first kappa shape index (κ1) is 20.0.